The molecule has 0 atom stereocenters. The maximum atomic E-state index is 11.5. The van der Waals surface area contributed by atoms with Crippen LogP contribution in [0.5, 0.6) is 0 Å². The van der Waals surface area contributed by atoms with Crippen molar-refractivity contribution in [3.8, 4) is 0 Å². The van der Waals surface area contributed by atoms with E-state index in [0.717, 1.165) is 11.8 Å². The first-order valence-electron chi connectivity index (χ1n) is 4.78. The second-order valence-corrected chi connectivity index (χ2v) is 4.58. The van der Waals surface area contributed by atoms with E-state index in [1.54, 1.807) is 0 Å². The van der Waals surface area contributed by atoms with Crippen LogP contribution in [-0.4, -0.2) is 16.8 Å². The van der Waals surface area contributed by atoms with Gasteiger partial charge < -0.3 is 0 Å². The molecule has 0 unspecified atom stereocenters. The summed E-state index contributed by atoms with van der Waals surface area (Å²) in [5.74, 6) is 1.84. The fourth-order valence-electron chi connectivity index (χ4n) is 3.49. The smallest absolute Gasteiger partial charge is 0.0466 e. The van der Waals surface area contributed by atoms with Gasteiger partial charge in [-0.3, -0.25) is 0 Å². The monoisotopic (exact) mass is 152 g/mol. The van der Waals surface area contributed by atoms with Crippen molar-refractivity contribution in [3.63, 3.8) is 0 Å². The van der Waals surface area contributed by atoms with Crippen LogP contribution in [0.3, 0.4) is 0 Å². The van der Waals surface area contributed by atoms with Crippen molar-refractivity contribution < 1.29 is 4.76 Å². The van der Waals surface area contributed by atoms with Gasteiger partial charge in [-0.15, -0.1) is 0 Å². The van der Waals surface area contributed by atoms with Crippen molar-refractivity contribution in [2.45, 2.75) is 44.2 Å². The maximum Gasteiger partial charge on any atom is 0.202 e. The van der Waals surface area contributed by atoms with Gasteiger partial charge in [-0.1, -0.05) is 0 Å². The Kier molecular flexibility index (Phi) is 1.03. The van der Waals surface area contributed by atoms with Crippen molar-refractivity contribution in [3.05, 3.63) is 4.91 Å². The molecule has 0 aromatic rings. The van der Waals surface area contributed by atoms with Gasteiger partial charge in [0, 0.05) is 35.4 Å². The molecule has 4 rings (SSSR count). The van der Waals surface area contributed by atoms with Crippen molar-refractivity contribution >= 4 is 0 Å². The van der Waals surface area contributed by atoms with Crippen LogP contribution < -0.4 is 0 Å². The Morgan fingerprint density at radius 1 is 0.818 bits per heavy atom. The first-order valence-corrected chi connectivity index (χ1v) is 4.78. The summed E-state index contributed by atoms with van der Waals surface area (Å²) >= 11 is 0. The van der Waals surface area contributed by atoms with Gasteiger partial charge in [0.05, 0.1) is 0 Å². The second-order valence-electron chi connectivity index (χ2n) is 4.58. The van der Waals surface area contributed by atoms with E-state index in [1.165, 1.54) is 36.9 Å². The highest BCUT2D eigenvalue weighted by molar-refractivity contribution is 4.91. The Labute approximate surface area is 66.5 Å². The minimum Gasteiger partial charge on any atom is -0.0466 e. The minimum atomic E-state index is 0.422. The van der Waals surface area contributed by atoms with Gasteiger partial charge in [0.1, 0.15) is 0 Å². The summed E-state index contributed by atoms with van der Waals surface area (Å²) < 4.78 is 1.41. The summed E-state index contributed by atoms with van der Waals surface area (Å²) in [7, 11) is 0. The summed E-state index contributed by atoms with van der Waals surface area (Å²) in [5.41, 5.74) is 0. The lowest BCUT2D eigenvalue weighted by atomic mass is 9.65. The number of nitrogens with zero attached hydrogens (tertiary/aromatic N) is 1. The van der Waals surface area contributed by atoms with E-state index in [-0.39, 0.29) is 0 Å². The van der Waals surface area contributed by atoms with E-state index >= 15 is 0 Å². The van der Waals surface area contributed by atoms with Crippen LogP contribution in [-0.2, 0) is 0 Å². The first-order chi connectivity index (χ1) is 5.33. The average Bonchev–Trinajstić information content (AvgIpc) is 1.98. The molecule has 0 aromatic carbocycles. The highest BCUT2D eigenvalue weighted by atomic mass is 16.3. The Balaban J connectivity index is 1.96. The average molecular weight is 152 g/mol. The molecule has 0 spiro atoms. The van der Waals surface area contributed by atoms with Gasteiger partial charge in [0.25, 0.3) is 0 Å². The molecule has 11 heavy (non-hydrogen) atoms. The largest absolute Gasteiger partial charge is 0.202 e. The van der Waals surface area contributed by atoms with Crippen LogP contribution in [0.15, 0.2) is 0 Å². The molecule has 2 saturated carbocycles. The molecule has 2 heterocycles. The summed E-state index contributed by atoms with van der Waals surface area (Å²) in [4.78, 5) is 11.5. The molecule has 60 valence electrons. The zero-order chi connectivity index (χ0) is 7.42. The molecule has 2 aliphatic carbocycles. The fourth-order valence-corrected chi connectivity index (χ4v) is 3.49. The molecule has 2 heteroatoms. The summed E-state index contributed by atoms with van der Waals surface area (Å²) in [5, 5.41) is 0. The molecular weight excluding hydrogens is 138 g/mol. The van der Waals surface area contributed by atoms with Crippen LogP contribution in [0.1, 0.15) is 32.1 Å². The SMILES string of the molecule is O=[N+]1C2CC3CC(C2)CC1C3. The number of hydrogen-bond donors (Lipinski definition) is 0. The van der Waals surface area contributed by atoms with Gasteiger partial charge in [-0.25, -0.2) is 0 Å². The molecule has 0 radical (unpaired) electrons. The Hall–Kier alpha value is -0.400. The number of hydrogen-bond acceptors (Lipinski definition) is 1. The first kappa shape index (κ1) is 6.15. The Morgan fingerprint density at radius 2 is 1.27 bits per heavy atom. The van der Waals surface area contributed by atoms with Gasteiger partial charge in [-0.05, 0) is 18.3 Å². The third-order valence-electron chi connectivity index (χ3n) is 3.81. The molecule has 4 aliphatic rings. The fraction of sp³-hybridized carbons (Fsp3) is 1.00. The highest BCUT2D eigenvalue weighted by Gasteiger charge is 2.53. The van der Waals surface area contributed by atoms with E-state index < -0.39 is 0 Å². The third kappa shape index (κ3) is 0.728. The van der Waals surface area contributed by atoms with Crippen LogP contribution in [0.2, 0.25) is 0 Å². The third-order valence-corrected chi connectivity index (χ3v) is 3.81. The maximum absolute atomic E-state index is 11.5. The van der Waals surface area contributed by atoms with E-state index in [1.807, 2.05) is 0 Å². The van der Waals surface area contributed by atoms with Gasteiger partial charge >= 0.3 is 0 Å². The lowest BCUT2D eigenvalue weighted by Crippen LogP contribution is -2.52. The van der Waals surface area contributed by atoms with E-state index in [0.29, 0.717) is 12.1 Å². The van der Waals surface area contributed by atoms with E-state index in [9.17, 15) is 4.91 Å². The van der Waals surface area contributed by atoms with Crippen molar-refractivity contribution in [2.24, 2.45) is 11.8 Å². The van der Waals surface area contributed by atoms with E-state index in [4.69, 9.17) is 0 Å². The molecule has 0 aromatic heterocycles. The number of piperidine rings is 2. The van der Waals surface area contributed by atoms with Crippen LogP contribution >= 0.6 is 0 Å². The lowest BCUT2D eigenvalue weighted by molar-refractivity contribution is -0.653. The minimum absolute atomic E-state index is 0.422. The summed E-state index contributed by atoms with van der Waals surface area (Å²) in [6.45, 7) is 0. The second kappa shape index (κ2) is 1.85. The zero-order valence-corrected chi connectivity index (χ0v) is 6.70. The molecule has 0 amide bonds. The molecule has 2 nitrogen and oxygen atoms in total. The molecule has 4 bridgehead atoms. The number of nitroso groups, excluding NO2 is 1. The van der Waals surface area contributed by atoms with Crippen molar-refractivity contribution in [1.82, 2.24) is 0 Å². The van der Waals surface area contributed by atoms with Gasteiger partial charge in [-0.2, -0.15) is 0 Å². The topological polar surface area (TPSA) is 20.1 Å². The number of rotatable bonds is 0. The molecular formula is C9H14NO+. The van der Waals surface area contributed by atoms with Gasteiger partial charge in [0.15, 0.2) is 0 Å². The van der Waals surface area contributed by atoms with Crippen molar-refractivity contribution in [2.75, 3.05) is 0 Å². The predicted molar refractivity (Wildman–Crippen MR) is 41.3 cm³/mol. The molecule has 0 N–H and O–H groups in total. The highest BCUT2D eigenvalue weighted by Crippen LogP contribution is 2.46. The van der Waals surface area contributed by atoms with Gasteiger partial charge in [0.2, 0.25) is 12.1 Å². The quantitative estimate of drug-likeness (QED) is 0.484. The lowest BCUT2D eigenvalue weighted by Gasteiger charge is -2.42. The van der Waals surface area contributed by atoms with Crippen molar-refractivity contribution in [1.29, 1.82) is 0 Å². The molecule has 4 fully saturated rings. The molecule has 2 saturated heterocycles. The normalized spacial score (nSPS) is 53.6. The molecule has 2 aliphatic heterocycles. The summed E-state index contributed by atoms with van der Waals surface area (Å²) in [6, 6.07) is 0.845. The summed E-state index contributed by atoms with van der Waals surface area (Å²) in [6.07, 6.45) is 6.25. The van der Waals surface area contributed by atoms with E-state index in [2.05, 4.69) is 0 Å². The Morgan fingerprint density at radius 3 is 1.73 bits per heavy atom. The van der Waals surface area contributed by atoms with Crippen LogP contribution in [0.25, 0.3) is 0 Å². The van der Waals surface area contributed by atoms with Crippen LogP contribution in [0.4, 0.5) is 0 Å². The predicted octanol–water partition coefficient (Wildman–Crippen LogP) is 1.73. The standard InChI is InChI=1S/C9H14NO/c11-10-8-2-6-1-7(4-8)5-9(10)3-6/h6-9H,1-5H2/q+1. The Bertz CT molecular complexity index is 182. The zero-order valence-electron chi connectivity index (χ0n) is 6.70. The van der Waals surface area contributed by atoms with Crippen LogP contribution in [0, 0.1) is 16.7 Å².